The van der Waals surface area contributed by atoms with Gasteiger partial charge in [0.1, 0.15) is 6.26 Å². The molecule has 0 aliphatic carbocycles. The van der Waals surface area contributed by atoms with Crippen LogP contribution < -0.4 is 0 Å². The number of hydrogen-bond donors (Lipinski definition) is 0. The fourth-order valence-corrected chi connectivity index (χ4v) is 0.551. The standard InChI is InChI=1S/C6HF4O2/c7-3-1-12-6(10,2-11)5(9)4(3)8/h1H. The zero-order valence-electron chi connectivity index (χ0n) is 5.41. The summed E-state index contributed by atoms with van der Waals surface area (Å²) >= 11 is 0. The normalized spacial score (nSPS) is 29.5. The fourth-order valence-electron chi connectivity index (χ4n) is 0.551. The van der Waals surface area contributed by atoms with Crippen LogP contribution in [0.1, 0.15) is 0 Å². The van der Waals surface area contributed by atoms with E-state index in [9.17, 15) is 22.4 Å². The van der Waals surface area contributed by atoms with Crippen molar-refractivity contribution in [3.63, 3.8) is 0 Å². The zero-order chi connectivity index (χ0) is 9.35. The van der Waals surface area contributed by atoms with Gasteiger partial charge in [0.15, 0.2) is 5.83 Å². The molecule has 1 aliphatic rings. The summed E-state index contributed by atoms with van der Waals surface area (Å²) in [5.74, 6) is -9.72. The van der Waals surface area contributed by atoms with Crippen molar-refractivity contribution in [2.75, 3.05) is 0 Å². The van der Waals surface area contributed by atoms with Crippen molar-refractivity contribution >= 4 is 6.29 Å². The molecule has 6 heteroatoms. The maximum atomic E-state index is 12.6. The van der Waals surface area contributed by atoms with Crippen molar-refractivity contribution in [1.29, 1.82) is 0 Å². The van der Waals surface area contributed by atoms with Gasteiger partial charge in [-0.2, -0.15) is 4.39 Å². The molecule has 0 bridgehead atoms. The molecule has 0 aromatic carbocycles. The van der Waals surface area contributed by atoms with Crippen LogP contribution in [0.5, 0.6) is 0 Å². The van der Waals surface area contributed by atoms with Crippen LogP contribution >= 0.6 is 0 Å². The molecule has 12 heavy (non-hydrogen) atoms. The van der Waals surface area contributed by atoms with Crippen LogP contribution in [0.25, 0.3) is 0 Å². The Labute approximate surface area is 64.1 Å². The second kappa shape index (κ2) is 2.62. The first-order valence-corrected chi connectivity index (χ1v) is 2.69. The van der Waals surface area contributed by atoms with Crippen molar-refractivity contribution in [1.82, 2.24) is 0 Å². The summed E-state index contributed by atoms with van der Waals surface area (Å²) in [7, 11) is 0. The quantitative estimate of drug-likeness (QED) is 0.576. The van der Waals surface area contributed by atoms with Gasteiger partial charge in [0.25, 0.3) is 6.29 Å². The third-order valence-electron chi connectivity index (χ3n) is 1.14. The summed E-state index contributed by atoms with van der Waals surface area (Å²) in [4.78, 5) is 9.73. The number of ether oxygens (including phenoxy) is 1. The summed E-state index contributed by atoms with van der Waals surface area (Å²) in [5, 5.41) is 0. The number of rotatable bonds is 1. The van der Waals surface area contributed by atoms with Gasteiger partial charge >= 0.3 is 5.85 Å². The Morgan fingerprint density at radius 1 is 1.42 bits per heavy atom. The summed E-state index contributed by atoms with van der Waals surface area (Å²) < 4.78 is 52.8. The molecule has 1 unspecified atom stereocenters. The van der Waals surface area contributed by atoms with Crippen LogP contribution in [0.3, 0.4) is 0 Å². The molecule has 1 heterocycles. The van der Waals surface area contributed by atoms with E-state index in [2.05, 4.69) is 4.74 Å². The van der Waals surface area contributed by atoms with E-state index < -0.39 is 23.3 Å². The second-order valence-electron chi connectivity index (χ2n) is 1.91. The van der Waals surface area contributed by atoms with Gasteiger partial charge in [0.05, 0.1) is 0 Å². The van der Waals surface area contributed by atoms with Gasteiger partial charge in [0.2, 0.25) is 11.7 Å². The molecule has 65 valence electrons. The van der Waals surface area contributed by atoms with Gasteiger partial charge in [0, 0.05) is 0 Å². The van der Waals surface area contributed by atoms with Crippen LogP contribution in [0.4, 0.5) is 17.6 Å². The topological polar surface area (TPSA) is 26.3 Å². The molecule has 0 amide bonds. The first-order chi connectivity index (χ1) is 5.51. The third kappa shape index (κ3) is 1.09. The number of halogens is 4. The third-order valence-corrected chi connectivity index (χ3v) is 1.14. The van der Waals surface area contributed by atoms with Crippen molar-refractivity contribution in [2.24, 2.45) is 0 Å². The lowest BCUT2D eigenvalue weighted by molar-refractivity contribution is -0.0317. The summed E-state index contributed by atoms with van der Waals surface area (Å²) in [6, 6.07) is 0. The molecule has 2 nitrogen and oxygen atoms in total. The number of hydrogen-bond acceptors (Lipinski definition) is 2. The minimum atomic E-state index is -3.65. The Kier molecular flexibility index (Phi) is 1.91. The lowest BCUT2D eigenvalue weighted by atomic mass is 10.2. The summed E-state index contributed by atoms with van der Waals surface area (Å²) in [6.07, 6.45) is 0.420. The Morgan fingerprint density at radius 2 is 2.00 bits per heavy atom. The van der Waals surface area contributed by atoms with E-state index in [0.717, 1.165) is 0 Å². The van der Waals surface area contributed by atoms with E-state index in [4.69, 9.17) is 0 Å². The molecule has 1 radical (unpaired) electrons. The van der Waals surface area contributed by atoms with Crippen LogP contribution in [-0.2, 0) is 9.53 Å². The molecule has 1 atom stereocenters. The molecule has 1 rings (SSSR count). The Balaban J connectivity index is 3.14. The Morgan fingerprint density at radius 3 is 2.50 bits per heavy atom. The van der Waals surface area contributed by atoms with Crippen molar-refractivity contribution in [3.05, 3.63) is 23.7 Å². The minimum Gasteiger partial charge on any atom is -0.450 e. The molecule has 0 N–H and O–H groups in total. The molecule has 1 aliphatic heterocycles. The van der Waals surface area contributed by atoms with E-state index in [-0.39, 0.29) is 6.26 Å². The predicted molar refractivity (Wildman–Crippen MR) is 29.1 cm³/mol. The first kappa shape index (κ1) is 8.76. The van der Waals surface area contributed by atoms with Gasteiger partial charge < -0.3 is 4.74 Å². The van der Waals surface area contributed by atoms with E-state index in [1.54, 1.807) is 0 Å². The Bertz CT molecular complexity index is 283. The molecular formula is C6HF4O2. The first-order valence-electron chi connectivity index (χ1n) is 2.69. The smallest absolute Gasteiger partial charge is 0.370 e. The largest absolute Gasteiger partial charge is 0.450 e. The van der Waals surface area contributed by atoms with Crippen molar-refractivity contribution in [3.8, 4) is 0 Å². The van der Waals surface area contributed by atoms with Gasteiger partial charge in [-0.25, -0.2) is 13.2 Å². The lowest BCUT2D eigenvalue weighted by Gasteiger charge is -2.18. The molecule has 0 saturated carbocycles. The number of carbonyl (C=O) groups excluding carboxylic acids is 1. The molecule has 0 saturated heterocycles. The molecule has 0 fully saturated rings. The van der Waals surface area contributed by atoms with Gasteiger partial charge in [-0.05, 0) is 0 Å². The molecular weight excluding hydrogens is 180 g/mol. The average Bonchev–Trinajstić information content (AvgIpc) is 2.09. The lowest BCUT2D eigenvalue weighted by Crippen LogP contribution is -2.30. The second-order valence-corrected chi connectivity index (χ2v) is 1.91. The van der Waals surface area contributed by atoms with Gasteiger partial charge in [-0.3, -0.25) is 4.79 Å². The highest BCUT2D eigenvalue weighted by atomic mass is 19.2. The number of allylic oxidation sites excluding steroid dienone is 2. The highest BCUT2D eigenvalue weighted by molar-refractivity contribution is 5.67. The van der Waals surface area contributed by atoms with Crippen LogP contribution in [-0.4, -0.2) is 12.1 Å². The van der Waals surface area contributed by atoms with Gasteiger partial charge in [-0.15, -0.1) is 0 Å². The molecule has 0 spiro atoms. The van der Waals surface area contributed by atoms with E-state index in [1.807, 2.05) is 0 Å². The number of alkyl halides is 1. The zero-order valence-corrected chi connectivity index (χ0v) is 5.41. The highest BCUT2D eigenvalue weighted by Gasteiger charge is 2.45. The fraction of sp³-hybridized carbons (Fsp3) is 0.167. The maximum Gasteiger partial charge on any atom is 0.370 e. The van der Waals surface area contributed by atoms with Crippen molar-refractivity contribution in [2.45, 2.75) is 5.85 Å². The van der Waals surface area contributed by atoms with Crippen LogP contribution in [0.2, 0.25) is 0 Å². The monoisotopic (exact) mass is 181 g/mol. The molecule has 0 aromatic heterocycles. The van der Waals surface area contributed by atoms with E-state index in [1.165, 1.54) is 0 Å². The van der Waals surface area contributed by atoms with Crippen molar-refractivity contribution < 1.29 is 27.1 Å². The molecule has 0 aromatic rings. The Hall–Kier alpha value is -1.33. The average molecular weight is 181 g/mol. The van der Waals surface area contributed by atoms with E-state index >= 15 is 0 Å². The SMILES string of the molecule is O=[C]C1(F)OC=C(F)C(F)=C1F. The van der Waals surface area contributed by atoms with Crippen LogP contribution in [0, 0.1) is 0 Å². The van der Waals surface area contributed by atoms with Crippen LogP contribution in [0.15, 0.2) is 23.7 Å². The van der Waals surface area contributed by atoms with Gasteiger partial charge in [-0.1, -0.05) is 0 Å². The summed E-state index contributed by atoms with van der Waals surface area (Å²) in [5.41, 5.74) is 0. The minimum absolute atomic E-state index is 0.0384. The highest BCUT2D eigenvalue weighted by Crippen LogP contribution is 2.34. The van der Waals surface area contributed by atoms with E-state index in [0.29, 0.717) is 6.29 Å². The predicted octanol–water partition coefficient (Wildman–Crippen LogP) is 1.75. The summed E-state index contributed by atoms with van der Waals surface area (Å²) in [6.45, 7) is 0. The maximum absolute atomic E-state index is 12.6.